The number of aliphatic carboxylic acids is 1. The van der Waals surface area contributed by atoms with Crippen LogP contribution in [-0.2, 0) is 4.79 Å². The number of hydrogen-bond donors (Lipinski definition) is 1. The summed E-state index contributed by atoms with van der Waals surface area (Å²) in [7, 11) is 0. The van der Waals surface area contributed by atoms with E-state index in [-0.39, 0.29) is 4.75 Å². The zero-order valence-electron chi connectivity index (χ0n) is 9.00. The van der Waals surface area contributed by atoms with E-state index in [1.165, 1.54) is 0 Å². The van der Waals surface area contributed by atoms with Crippen LogP contribution in [0.3, 0.4) is 0 Å². The van der Waals surface area contributed by atoms with E-state index < -0.39 is 10.7 Å². The molecule has 0 aliphatic carbocycles. The molecule has 1 fully saturated rings. The first-order valence-corrected chi connectivity index (χ1v) is 6.84. The van der Waals surface area contributed by atoms with E-state index in [0.717, 1.165) is 24.3 Å². The second kappa shape index (κ2) is 4.35. The molecule has 0 aromatic carbocycles. The Morgan fingerprint density at radius 3 is 2.21 bits per heavy atom. The van der Waals surface area contributed by atoms with Gasteiger partial charge >= 0.3 is 5.97 Å². The Balaban J connectivity index is 2.76. The van der Waals surface area contributed by atoms with Gasteiger partial charge in [0, 0.05) is 4.75 Å². The van der Waals surface area contributed by atoms with Crippen molar-refractivity contribution < 1.29 is 9.90 Å². The summed E-state index contributed by atoms with van der Waals surface area (Å²) in [6.07, 6.45) is 1.60. The van der Waals surface area contributed by atoms with Gasteiger partial charge in [-0.3, -0.25) is 4.79 Å². The van der Waals surface area contributed by atoms with Gasteiger partial charge in [0.05, 0.1) is 0 Å². The summed E-state index contributed by atoms with van der Waals surface area (Å²) in [5.74, 6) is 1.34. The van der Waals surface area contributed by atoms with Crippen molar-refractivity contribution in [1.82, 2.24) is 0 Å². The summed E-state index contributed by atoms with van der Waals surface area (Å²) in [6.45, 7) is 6.26. The minimum atomic E-state index is -0.627. The molecule has 0 unspecified atom stereocenters. The molecule has 14 heavy (non-hydrogen) atoms. The molecular formula is C10H18O2S2. The Bertz CT molecular complexity index is 215. The van der Waals surface area contributed by atoms with Crippen molar-refractivity contribution in [2.45, 2.75) is 43.1 Å². The molecule has 0 radical (unpaired) electrons. The van der Waals surface area contributed by atoms with Crippen molar-refractivity contribution >= 4 is 29.5 Å². The Kier molecular flexibility index (Phi) is 3.81. The maximum absolute atomic E-state index is 11.3. The van der Waals surface area contributed by atoms with E-state index in [1.54, 1.807) is 11.8 Å². The van der Waals surface area contributed by atoms with Crippen molar-refractivity contribution in [3.05, 3.63) is 0 Å². The number of thioether (sulfide) groups is 2. The summed E-state index contributed by atoms with van der Waals surface area (Å²) in [5, 5.41) is 9.32. The van der Waals surface area contributed by atoms with Crippen LogP contribution < -0.4 is 0 Å². The van der Waals surface area contributed by atoms with Crippen molar-refractivity contribution in [3.8, 4) is 0 Å². The number of hydrogen-bond acceptors (Lipinski definition) is 3. The molecule has 4 heteroatoms. The van der Waals surface area contributed by atoms with E-state index in [1.807, 2.05) is 11.8 Å². The first-order valence-electron chi connectivity index (χ1n) is 4.87. The van der Waals surface area contributed by atoms with Gasteiger partial charge in [-0.1, -0.05) is 20.8 Å². The average Bonchev–Trinajstić information content (AvgIpc) is 2.02. The summed E-state index contributed by atoms with van der Waals surface area (Å²) in [4.78, 5) is 11.3. The molecule has 0 aromatic heterocycles. The highest BCUT2D eigenvalue weighted by Gasteiger charge is 2.43. The van der Waals surface area contributed by atoms with Crippen LogP contribution in [0.1, 0.15) is 33.6 Å². The number of carbonyl (C=O) groups is 1. The molecule has 1 N–H and O–H groups in total. The van der Waals surface area contributed by atoms with Gasteiger partial charge in [-0.25, -0.2) is 0 Å². The van der Waals surface area contributed by atoms with Crippen LogP contribution in [0.25, 0.3) is 0 Å². The minimum Gasteiger partial charge on any atom is -0.480 e. The summed E-state index contributed by atoms with van der Waals surface area (Å²) >= 11 is 3.48. The molecule has 82 valence electrons. The van der Waals surface area contributed by atoms with Gasteiger partial charge < -0.3 is 5.11 Å². The third-order valence-corrected chi connectivity index (χ3v) is 4.76. The molecule has 2 nitrogen and oxygen atoms in total. The zero-order valence-corrected chi connectivity index (χ0v) is 10.6. The van der Waals surface area contributed by atoms with Crippen LogP contribution in [0, 0.1) is 0 Å². The molecule has 1 aliphatic rings. The third-order valence-electron chi connectivity index (χ3n) is 2.19. The quantitative estimate of drug-likeness (QED) is 0.797. The summed E-state index contributed by atoms with van der Waals surface area (Å²) in [6, 6.07) is 0. The predicted octanol–water partition coefficient (Wildman–Crippen LogP) is 2.87. The molecule has 1 rings (SSSR count). The lowest BCUT2D eigenvalue weighted by atomic mass is 10.0. The summed E-state index contributed by atoms with van der Waals surface area (Å²) < 4.78 is -0.496. The maximum Gasteiger partial charge on any atom is 0.319 e. The van der Waals surface area contributed by atoms with Crippen molar-refractivity contribution in [3.63, 3.8) is 0 Å². The third kappa shape index (κ3) is 3.09. The van der Waals surface area contributed by atoms with E-state index in [9.17, 15) is 9.90 Å². The highest BCUT2D eigenvalue weighted by Crippen LogP contribution is 2.45. The average molecular weight is 234 g/mol. The fourth-order valence-corrected chi connectivity index (χ4v) is 4.76. The van der Waals surface area contributed by atoms with Crippen LogP contribution in [0.4, 0.5) is 0 Å². The minimum absolute atomic E-state index is 0.0282. The van der Waals surface area contributed by atoms with Crippen LogP contribution in [-0.4, -0.2) is 32.1 Å². The van der Waals surface area contributed by atoms with Gasteiger partial charge in [0.1, 0.15) is 4.75 Å². The topological polar surface area (TPSA) is 37.3 Å². The van der Waals surface area contributed by atoms with Crippen LogP contribution in [0.2, 0.25) is 0 Å². The maximum atomic E-state index is 11.3. The Morgan fingerprint density at radius 2 is 1.86 bits per heavy atom. The van der Waals surface area contributed by atoms with Crippen molar-refractivity contribution in [1.29, 1.82) is 0 Å². The lowest BCUT2D eigenvalue weighted by Gasteiger charge is -2.37. The fourth-order valence-electron chi connectivity index (χ4n) is 1.65. The molecule has 0 aromatic rings. The fraction of sp³-hybridized carbons (Fsp3) is 0.900. The van der Waals surface area contributed by atoms with E-state index >= 15 is 0 Å². The molecule has 0 amide bonds. The predicted molar refractivity (Wildman–Crippen MR) is 64.3 cm³/mol. The van der Waals surface area contributed by atoms with Gasteiger partial charge in [-0.05, 0) is 24.3 Å². The number of carboxylic acids is 1. The highest BCUT2D eigenvalue weighted by atomic mass is 32.2. The lowest BCUT2D eigenvalue weighted by molar-refractivity contribution is -0.140. The largest absolute Gasteiger partial charge is 0.480 e. The molecular weight excluding hydrogens is 216 g/mol. The van der Waals surface area contributed by atoms with Crippen LogP contribution in [0.5, 0.6) is 0 Å². The lowest BCUT2D eigenvalue weighted by Crippen LogP contribution is -2.41. The van der Waals surface area contributed by atoms with Crippen LogP contribution >= 0.6 is 23.5 Å². The highest BCUT2D eigenvalue weighted by molar-refractivity contribution is 8.03. The van der Waals surface area contributed by atoms with E-state index in [0.29, 0.717) is 0 Å². The zero-order chi connectivity index (χ0) is 10.8. The summed E-state index contributed by atoms with van der Waals surface area (Å²) in [5.41, 5.74) is 0. The molecule has 1 heterocycles. The molecule has 0 bridgehead atoms. The van der Waals surface area contributed by atoms with Gasteiger partial charge in [0.25, 0.3) is 0 Å². The number of carboxylic acid groups (broad SMARTS) is 1. The molecule has 0 saturated carbocycles. The Labute approximate surface area is 94.2 Å². The SMILES string of the molecule is CC(C)(C)SC1(C(=O)O)CCSCC1. The van der Waals surface area contributed by atoms with Gasteiger partial charge in [0.15, 0.2) is 0 Å². The second-order valence-electron chi connectivity index (χ2n) is 4.63. The molecule has 1 saturated heterocycles. The van der Waals surface area contributed by atoms with Gasteiger partial charge in [-0.15, -0.1) is 11.8 Å². The smallest absolute Gasteiger partial charge is 0.319 e. The Hall–Kier alpha value is 0.170. The monoisotopic (exact) mass is 234 g/mol. The van der Waals surface area contributed by atoms with Crippen molar-refractivity contribution in [2.75, 3.05) is 11.5 Å². The van der Waals surface area contributed by atoms with Gasteiger partial charge in [0.2, 0.25) is 0 Å². The van der Waals surface area contributed by atoms with Gasteiger partial charge in [-0.2, -0.15) is 11.8 Å². The first kappa shape index (κ1) is 12.2. The normalized spacial score (nSPS) is 21.9. The van der Waals surface area contributed by atoms with Crippen molar-refractivity contribution in [2.24, 2.45) is 0 Å². The molecule has 0 atom stereocenters. The first-order chi connectivity index (χ1) is 6.36. The Morgan fingerprint density at radius 1 is 1.36 bits per heavy atom. The van der Waals surface area contributed by atoms with E-state index in [4.69, 9.17) is 0 Å². The molecule has 1 aliphatic heterocycles. The second-order valence-corrected chi connectivity index (χ2v) is 8.06. The standard InChI is InChI=1S/C10H18O2S2/c1-9(2,3)14-10(8(11)12)4-6-13-7-5-10/h4-7H2,1-3H3,(H,11,12). The molecule has 0 spiro atoms. The van der Waals surface area contributed by atoms with E-state index in [2.05, 4.69) is 20.8 Å². The van der Waals surface area contributed by atoms with Crippen LogP contribution in [0.15, 0.2) is 0 Å². The number of rotatable bonds is 2.